The molecule has 0 saturated carbocycles. The largest absolute Gasteiger partial charge is 0.396 e. The fourth-order valence-electron chi connectivity index (χ4n) is 3.72. The van der Waals surface area contributed by atoms with E-state index in [9.17, 15) is 0 Å². The minimum absolute atomic E-state index is 0.296. The number of aromatic amines is 1. The van der Waals surface area contributed by atoms with Crippen molar-refractivity contribution in [3.63, 3.8) is 0 Å². The molecule has 1 aromatic heterocycles. The lowest BCUT2D eigenvalue weighted by Crippen LogP contribution is -2.39. The molecule has 0 bridgehead atoms. The zero-order valence-electron chi connectivity index (χ0n) is 14.9. The zero-order chi connectivity index (χ0) is 16.9. The fourth-order valence-corrected chi connectivity index (χ4v) is 3.72. The number of aliphatic hydroxyl groups is 1. The maximum atomic E-state index is 9.15. The van der Waals surface area contributed by atoms with Crippen molar-refractivity contribution >= 4 is 0 Å². The molecule has 24 heavy (non-hydrogen) atoms. The summed E-state index contributed by atoms with van der Waals surface area (Å²) in [4.78, 5) is 2.58. The van der Waals surface area contributed by atoms with E-state index in [1.54, 1.807) is 0 Å². The Hall–Kier alpha value is -1.65. The van der Waals surface area contributed by atoms with Crippen LogP contribution in [0.2, 0.25) is 0 Å². The van der Waals surface area contributed by atoms with Crippen LogP contribution in [0.4, 0.5) is 0 Å². The van der Waals surface area contributed by atoms with Crippen LogP contribution in [-0.4, -0.2) is 39.4 Å². The molecule has 0 amide bonds. The van der Waals surface area contributed by atoms with Crippen molar-refractivity contribution in [3.05, 3.63) is 41.1 Å². The molecule has 0 radical (unpaired) electrons. The van der Waals surface area contributed by atoms with Gasteiger partial charge in [0.25, 0.3) is 0 Å². The first-order valence-corrected chi connectivity index (χ1v) is 9.14. The predicted molar refractivity (Wildman–Crippen MR) is 97.9 cm³/mol. The molecule has 1 aromatic carbocycles. The Bertz CT molecular complexity index is 665. The molecule has 1 atom stereocenters. The highest BCUT2D eigenvalue weighted by molar-refractivity contribution is 5.64. The third-order valence-corrected chi connectivity index (χ3v) is 5.33. The molecule has 0 spiro atoms. The van der Waals surface area contributed by atoms with Crippen LogP contribution >= 0.6 is 0 Å². The number of rotatable bonds is 6. The van der Waals surface area contributed by atoms with Gasteiger partial charge in [-0.25, -0.2) is 0 Å². The lowest BCUT2D eigenvalue weighted by atomic mass is 9.96. The standard InChI is InChI=1S/C20H29N3O/c1-15-8-9-17(12-16(15)2)20-18(13-21-22-20)14-23-10-4-3-6-19(23)7-5-11-24/h8-9,12-13,19,24H,3-7,10-11,14H2,1-2H3,(H,21,22). The summed E-state index contributed by atoms with van der Waals surface area (Å²) in [6, 6.07) is 7.19. The highest BCUT2D eigenvalue weighted by Crippen LogP contribution is 2.28. The van der Waals surface area contributed by atoms with Gasteiger partial charge in [0.05, 0.1) is 11.9 Å². The Morgan fingerprint density at radius 2 is 2.12 bits per heavy atom. The van der Waals surface area contributed by atoms with Crippen molar-refractivity contribution < 1.29 is 5.11 Å². The maximum Gasteiger partial charge on any atom is 0.0695 e. The van der Waals surface area contributed by atoms with Gasteiger partial charge in [-0.2, -0.15) is 5.10 Å². The fraction of sp³-hybridized carbons (Fsp3) is 0.550. The van der Waals surface area contributed by atoms with Crippen molar-refractivity contribution in [3.8, 4) is 11.3 Å². The van der Waals surface area contributed by atoms with E-state index in [-0.39, 0.29) is 0 Å². The van der Waals surface area contributed by atoms with E-state index in [1.165, 1.54) is 41.5 Å². The van der Waals surface area contributed by atoms with E-state index in [1.807, 2.05) is 6.20 Å². The molecule has 2 heterocycles. The minimum Gasteiger partial charge on any atom is -0.396 e. The second-order valence-electron chi connectivity index (χ2n) is 7.06. The first-order chi connectivity index (χ1) is 11.7. The van der Waals surface area contributed by atoms with Gasteiger partial charge in [-0.15, -0.1) is 0 Å². The van der Waals surface area contributed by atoms with E-state index in [4.69, 9.17) is 5.11 Å². The molecule has 1 saturated heterocycles. The van der Waals surface area contributed by atoms with Gasteiger partial charge in [-0.05, 0) is 63.3 Å². The summed E-state index contributed by atoms with van der Waals surface area (Å²) < 4.78 is 0. The first-order valence-electron chi connectivity index (χ1n) is 9.14. The lowest BCUT2D eigenvalue weighted by Gasteiger charge is -2.35. The van der Waals surface area contributed by atoms with E-state index in [2.05, 4.69) is 47.1 Å². The quantitative estimate of drug-likeness (QED) is 0.848. The number of likely N-dealkylation sites (tertiary alicyclic amines) is 1. The number of aliphatic hydroxyl groups excluding tert-OH is 1. The molecular weight excluding hydrogens is 298 g/mol. The maximum absolute atomic E-state index is 9.15. The van der Waals surface area contributed by atoms with Gasteiger partial charge < -0.3 is 5.11 Å². The number of nitrogens with one attached hydrogen (secondary N) is 1. The van der Waals surface area contributed by atoms with Gasteiger partial charge in [0, 0.05) is 30.3 Å². The number of piperidine rings is 1. The molecule has 2 aromatic rings. The Labute approximate surface area is 144 Å². The van der Waals surface area contributed by atoms with Crippen molar-refractivity contribution in [2.24, 2.45) is 0 Å². The van der Waals surface area contributed by atoms with Gasteiger partial charge in [-0.3, -0.25) is 10.00 Å². The number of benzene rings is 1. The number of hydrogen-bond acceptors (Lipinski definition) is 3. The third-order valence-electron chi connectivity index (χ3n) is 5.33. The average molecular weight is 327 g/mol. The summed E-state index contributed by atoms with van der Waals surface area (Å²) in [6.45, 7) is 6.68. The number of nitrogens with zero attached hydrogens (tertiary/aromatic N) is 2. The van der Waals surface area contributed by atoms with Gasteiger partial charge in [0.15, 0.2) is 0 Å². The Kier molecular flexibility index (Phi) is 5.69. The number of aryl methyl sites for hydroxylation is 2. The van der Waals surface area contributed by atoms with Gasteiger partial charge in [-0.1, -0.05) is 18.6 Å². The van der Waals surface area contributed by atoms with E-state index < -0.39 is 0 Å². The summed E-state index contributed by atoms with van der Waals surface area (Å²) in [5.41, 5.74) is 6.26. The molecule has 4 nitrogen and oxygen atoms in total. The molecule has 4 heteroatoms. The van der Waals surface area contributed by atoms with E-state index in [0.29, 0.717) is 12.6 Å². The molecular formula is C20H29N3O. The van der Waals surface area contributed by atoms with Crippen LogP contribution in [0.15, 0.2) is 24.4 Å². The molecule has 2 N–H and O–H groups in total. The van der Waals surface area contributed by atoms with Crippen LogP contribution in [0.25, 0.3) is 11.3 Å². The second kappa shape index (κ2) is 7.95. The average Bonchev–Trinajstić information content (AvgIpc) is 3.05. The normalized spacial score (nSPS) is 18.9. The molecule has 1 aliphatic heterocycles. The summed E-state index contributed by atoms with van der Waals surface area (Å²) in [5, 5.41) is 16.7. The van der Waals surface area contributed by atoms with Crippen LogP contribution in [-0.2, 0) is 6.54 Å². The first kappa shape index (κ1) is 17.2. The SMILES string of the molecule is Cc1ccc(-c2[nH]ncc2CN2CCCCC2CCCO)cc1C. The molecule has 0 aliphatic carbocycles. The third kappa shape index (κ3) is 3.87. The minimum atomic E-state index is 0.296. The van der Waals surface area contributed by atoms with Crippen molar-refractivity contribution in [1.82, 2.24) is 15.1 Å². The van der Waals surface area contributed by atoms with Crippen LogP contribution < -0.4 is 0 Å². The summed E-state index contributed by atoms with van der Waals surface area (Å²) >= 11 is 0. The Morgan fingerprint density at radius 1 is 1.25 bits per heavy atom. The van der Waals surface area contributed by atoms with Crippen LogP contribution in [0.1, 0.15) is 48.8 Å². The summed E-state index contributed by atoms with van der Waals surface area (Å²) in [7, 11) is 0. The van der Waals surface area contributed by atoms with Crippen molar-refractivity contribution in [2.45, 2.75) is 58.5 Å². The predicted octanol–water partition coefficient (Wildman–Crippen LogP) is 3.82. The molecule has 3 rings (SSSR count). The lowest BCUT2D eigenvalue weighted by molar-refractivity contribution is 0.124. The zero-order valence-corrected chi connectivity index (χ0v) is 14.9. The number of H-pyrrole nitrogens is 1. The Balaban J connectivity index is 1.78. The highest BCUT2D eigenvalue weighted by atomic mass is 16.2. The van der Waals surface area contributed by atoms with E-state index >= 15 is 0 Å². The van der Waals surface area contributed by atoms with Crippen molar-refractivity contribution in [2.75, 3.05) is 13.2 Å². The number of aromatic nitrogens is 2. The van der Waals surface area contributed by atoms with Crippen LogP contribution in [0, 0.1) is 13.8 Å². The molecule has 1 aliphatic rings. The van der Waals surface area contributed by atoms with Crippen LogP contribution in [0.3, 0.4) is 0 Å². The van der Waals surface area contributed by atoms with E-state index in [0.717, 1.165) is 31.6 Å². The summed E-state index contributed by atoms with van der Waals surface area (Å²) in [6.07, 6.45) is 7.79. The van der Waals surface area contributed by atoms with Crippen LogP contribution in [0.5, 0.6) is 0 Å². The monoisotopic (exact) mass is 327 g/mol. The molecule has 1 fully saturated rings. The highest BCUT2D eigenvalue weighted by Gasteiger charge is 2.23. The second-order valence-corrected chi connectivity index (χ2v) is 7.06. The summed E-state index contributed by atoms with van der Waals surface area (Å²) in [5.74, 6) is 0. The van der Waals surface area contributed by atoms with Gasteiger partial charge in [0.2, 0.25) is 0 Å². The molecule has 130 valence electrons. The topological polar surface area (TPSA) is 52.2 Å². The molecule has 1 unspecified atom stereocenters. The van der Waals surface area contributed by atoms with Gasteiger partial charge in [0.1, 0.15) is 0 Å². The van der Waals surface area contributed by atoms with Gasteiger partial charge >= 0.3 is 0 Å². The van der Waals surface area contributed by atoms with Crippen molar-refractivity contribution in [1.29, 1.82) is 0 Å². The smallest absolute Gasteiger partial charge is 0.0695 e. The number of hydrogen-bond donors (Lipinski definition) is 2. The Morgan fingerprint density at radius 3 is 2.92 bits per heavy atom.